The van der Waals surface area contributed by atoms with Crippen molar-refractivity contribution in [1.29, 1.82) is 0 Å². The summed E-state index contributed by atoms with van der Waals surface area (Å²) >= 11 is 0. The molecule has 1 heterocycles. The zero-order chi connectivity index (χ0) is 14.8. The zero-order valence-corrected chi connectivity index (χ0v) is 11.8. The first-order valence-corrected chi connectivity index (χ1v) is 7.98. The number of nitro benzene ring substituents is 1. The summed E-state index contributed by atoms with van der Waals surface area (Å²) in [5.41, 5.74) is 5.62. The summed E-state index contributed by atoms with van der Waals surface area (Å²) in [6, 6.07) is 5.72. The van der Waals surface area contributed by atoms with Gasteiger partial charge in [0.2, 0.25) is 10.0 Å². The fraction of sp³-hybridized carbons (Fsp3) is 0.500. The normalized spacial score (nSPS) is 20.1. The van der Waals surface area contributed by atoms with E-state index in [0.29, 0.717) is 6.54 Å². The maximum atomic E-state index is 12.4. The molecule has 1 aromatic rings. The predicted molar refractivity (Wildman–Crippen MR) is 74.5 cm³/mol. The second kappa shape index (κ2) is 5.86. The lowest BCUT2D eigenvalue weighted by atomic mass is 10.2. The first-order chi connectivity index (χ1) is 9.45. The van der Waals surface area contributed by atoms with Gasteiger partial charge in [-0.05, 0) is 12.8 Å². The molecule has 0 spiro atoms. The van der Waals surface area contributed by atoms with Gasteiger partial charge in [0.1, 0.15) is 0 Å². The van der Waals surface area contributed by atoms with Crippen LogP contribution in [0.1, 0.15) is 18.4 Å². The number of para-hydroxylation sites is 1. The molecule has 1 fully saturated rings. The Hall–Kier alpha value is -1.51. The van der Waals surface area contributed by atoms with Gasteiger partial charge in [-0.3, -0.25) is 10.1 Å². The number of nitrogens with zero attached hydrogens (tertiary/aromatic N) is 2. The van der Waals surface area contributed by atoms with Crippen LogP contribution in [-0.2, 0) is 15.8 Å². The lowest BCUT2D eigenvalue weighted by Crippen LogP contribution is -2.40. The van der Waals surface area contributed by atoms with Gasteiger partial charge in [0.25, 0.3) is 5.69 Å². The van der Waals surface area contributed by atoms with Crippen molar-refractivity contribution < 1.29 is 13.3 Å². The fourth-order valence-electron chi connectivity index (χ4n) is 2.50. The van der Waals surface area contributed by atoms with Crippen LogP contribution in [0.25, 0.3) is 0 Å². The maximum Gasteiger partial charge on any atom is 0.273 e. The van der Waals surface area contributed by atoms with E-state index in [1.807, 2.05) is 0 Å². The number of hydrogen-bond donors (Lipinski definition) is 1. The van der Waals surface area contributed by atoms with Gasteiger partial charge in [0, 0.05) is 30.8 Å². The van der Waals surface area contributed by atoms with Crippen LogP contribution in [0.5, 0.6) is 0 Å². The van der Waals surface area contributed by atoms with E-state index in [-0.39, 0.29) is 29.6 Å². The first-order valence-electron chi connectivity index (χ1n) is 6.37. The molecule has 1 atom stereocenters. The monoisotopic (exact) mass is 299 g/mol. The predicted octanol–water partition coefficient (Wildman–Crippen LogP) is 0.848. The van der Waals surface area contributed by atoms with Crippen LogP contribution in [0.15, 0.2) is 24.3 Å². The van der Waals surface area contributed by atoms with Crippen LogP contribution < -0.4 is 5.73 Å². The molecule has 7 nitrogen and oxygen atoms in total. The van der Waals surface area contributed by atoms with Gasteiger partial charge in [-0.25, -0.2) is 8.42 Å². The smallest absolute Gasteiger partial charge is 0.273 e. The van der Waals surface area contributed by atoms with Gasteiger partial charge < -0.3 is 5.73 Å². The molecule has 110 valence electrons. The molecule has 2 N–H and O–H groups in total. The number of benzene rings is 1. The van der Waals surface area contributed by atoms with Gasteiger partial charge >= 0.3 is 0 Å². The van der Waals surface area contributed by atoms with E-state index < -0.39 is 14.9 Å². The Morgan fingerprint density at radius 3 is 2.75 bits per heavy atom. The Bertz CT molecular complexity index is 602. The largest absolute Gasteiger partial charge is 0.329 e. The van der Waals surface area contributed by atoms with Crippen LogP contribution in [-0.4, -0.2) is 36.8 Å². The summed E-state index contributed by atoms with van der Waals surface area (Å²) in [5.74, 6) is -0.360. The van der Waals surface area contributed by atoms with E-state index in [2.05, 4.69) is 0 Å². The third kappa shape index (κ3) is 2.97. The average Bonchev–Trinajstić information content (AvgIpc) is 2.87. The van der Waals surface area contributed by atoms with Gasteiger partial charge in [0.15, 0.2) is 0 Å². The van der Waals surface area contributed by atoms with Crippen molar-refractivity contribution in [2.75, 3.05) is 13.1 Å². The quantitative estimate of drug-likeness (QED) is 0.640. The zero-order valence-electron chi connectivity index (χ0n) is 10.9. The third-order valence-electron chi connectivity index (χ3n) is 3.48. The molecule has 0 bridgehead atoms. The fourth-order valence-corrected chi connectivity index (χ4v) is 4.36. The Morgan fingerprint density at radius 2 is 2.10 bits per heavy atom. The molecule has 0 amide bonds. The van der Waals surface area contributed by atoms with Gasteiger partial charge in [-0.1, -0.05) is 18.2 Å². The van der Waals surface area contributed by atoms with E-state index in [9.17, 15) is 18.5 Å². The second-order valence-corrected chi connectivity index (χ2v) is 6.71. The van der Waals surface area contributed by atoms with E-state index >= 15 is 0 Å². The number of nitrogens with two attached hydrogens (primary N) is 1. The Balaban J connectivity index is 2.27. The molecule has 1 unspecified atom stereocenters. The van der Waals surface area contributed by atoms with E-state index in [0.717, 1.165) is 12.8 Å². The van der Waals surface area contributed by atoms with Crippen molar-refractivity contribution in [1.82, 2.24) is 4.31 Å². The number of nitro groups is 1. The SMILES string of the molecule is NCC1CCCN1S(=O)(=O)Cc1ccccc1[N+](=O)[O-]. The first kappa shape index (κ1) is 14.9. The minimum Gasteiger partial charge on any atom is -0.329 e. The van der Waals surface area contributed by atoms with Crippen molar-refractivity contribution in [2.45, 2.75) is 24.6 Å². The lowest BCUT2D eigenvalue weighted by Gasteiger charge is -2.22. The highest BCUT2D eigenvalue weighted by Crippen LogP contribution is 2.26. The molecule has 1 saturated heterocycles. The van der Waals surface area contributed by atoms with E-state index in [1.165, 1.54) is 22.5 Å². The van der Waals surface area contributed by atoms with Crippen LogP contribution in [0.2, 0.25) is 0 Å². The molecule has 0 aliphatic carbocycles. The summed E-state index contributed by atoms with van der Waals surface area (Å²) in [6.45, 7) is 0.709. The Kier molecular flexibility index (Phi) is 4.36. The van der Waals surface area contributed by atoms with Gasteiger partial charge in [-0.15, -0.1) is 0 Å². The summed E-state index contributed by atoms with van der Waals surface area (Å²) in [7, 11) is -3.58. The number of sulfonamides is 1. The highest BCUT2D eigenvalue weighted by molar-refractivity contribution is 7.88. The minimum absolute atomic E-state index is 0.167. The topological polar surface area (TPSA) is 107 Å². The van der Waals surface area contributed by atoms with Gasteiger partial charge in [-0.2, -0.15) is 4.31 Å². The third-order valence-corrected chi connectivity index (χ3v) is 5.35. The molecule has 2 rings (SSSR count). The van der Waals surface area contributed by atoms with Gasteiger partial charge in [0.05, 0.1) is 10.7 Å². The molecule has 0 saturated carbocycles. The highest BCUT2D eigenvalue weighted by Gasteiger charge is 2.34. The Morgan fingerprint density at radius 1 is 1.40 bits per heavy atom. The van der Waals surface area contributed by atoms with Crippen molar-refractivity contribution in [3.8, 4) is 0 Å². The Labute approximate surface area is 117 Å². The number of hydrogen-bond acceptors (Lipinski definition) is 5. The summed E-state index contributed by atoms with van der Waals surface area (Å²) in [5, 5.41) is 10.9. The van der Waals surface area contributed by atoms with Crippen LogP contribution in [0, 0.1) is 10.1 Å². The molecular formula is C12H17N3O4S. The van der Waals surface area contributed by atoms with Crippen molar-refractivity contribution >= 4 is 15.7 Å². The van der Waals surface area contributed by atoms with Crippen LogP contribution in [0.3, 0.4) is 0 Å². The summed E-state index contributed by atoms with van der Waals surface area (Å²) < 4.78 is 26.2. The lowest BCUT2D eigenvalue weighted by molar-refractivity contribution is -0.385. The van der Waals surface area contributed by atoms with Crippen molar-refractivity contribution in [2.24, 2.45) is 5.73 Å². The molecule has 8 heteroatoms. The molecule has 1 aliphatic rings. The summed E-state index contributed by atoms with van der Waals surface area (Å²) in [4.78, 5) is 10.4. The summed E-state index contributed by atoms with van der Waals surface area (Å²) in [6.07, 6.45) is 1.52. The van der Waals surface area contributed by atoms with Crippen LogP contribution in [0.4, 0.5) is 5.69 Å². The molecule has 0 radical (unpaired) electrons. The van der Waals surface area contributed by atoms with E-state index in [1.54, 1.807) is 6.07 Å². The molecule has 1 aromatic carbocycles. The maximum absolute atomic E-state index is 12.4. The molecule has 20 heavy (non-hydrogen) atoms. The van der Waals surface area contributed by atoms with Crippen molar-refractivity contribution in [3.05, 3.63) is 39.9 Å². The molecule has 1 aliphatic heterocycles. The molecule has 0 aromatic heterocycles. The van der Waals surface area contributed by atoms with Crippen molar-refractivity contribution in [3.63, 3.8) is 0 Å². The number of rotatable bonds is 5. The van der Waals surface area contributed by atoms with E-state index in [4.69, 9.17) is 5.73 Å². The highest BCUT2D eigenvalue weighted by atomic mass is 32.2. The van der Waals surface area contributed by atoms with Crippen LogP contribution >= 0.6 is 0 Å². The second-order valence-electron chi connectivity index (χ2n) is 4.78. The molecular weight excluding hydrogens is 282 g/mol. The minimum atomic E-state index is -3.58. The average molecular weight is 299 g/mol. The standard InChI is InChI=1S/C12H17N3O4S/c13-8-11-5-3-7-14(11)20(18,19)9-10-4-1-2-6-12(10)15(16)17/h1-2,4,6,11H,3,5,7-9,13H2.